The van der Waals surface area contributed by atoms with Gasteiger partial charge in [-0.1, -0.05) is 37.8 Å². The topological polar surface area (TPSA) is 84.9 Å². The summed E-state index contributed by atoms with van der Waals surface area (Å²) in [5, 5.41) is 2.99. The number of fused-ring (bicyclic) bond motifs is 1. The molecular formula is C21H28N2O5. The fourth-order valence-corrected chi connectivity index (χ4v) is 3.65. The van der Waals surface area contributed by atoms with Crippen LogP contribution in [-0.4, -0.2) is 43.1 Å². The molecule has 1 N–H and O–H groups in total. The highest BCUT2D eigenvalue weighted by molar-refractivity contribution is 5.99. The molecule has 0 radical (unpaired) electrons. The second-order valence-corrected chi connectivity index (χ2v) is 7.38. The van der Waals surface area contributed by atoms with Crippen LogP contribution >= 0.6 is 0 Å². The molecule has 28 heavy (non-hydrogen) atoms. The molecule has 2 aliphatic rings. The SMILES string of the molecule is C[C@@H](OC(=O)CN1C(=O)CCOc2ccccc21)C(=O)NC1CCCCCC1. The normalized spacial score (nSPS) is 18.9. The van der Waals surface area contributed by atoms with Crippen LogP contribution < -0.4 is 15.0 Å². The maximum atomic E-state index is 12.4. The fourth-order valence-electron chi connectivity index (χ4n) is 3.65. The van der Waals surface area contributed by atoms with Crippen molar-refractivity contribution in [3.63, 3.8) is 0 Å². The van der Waals surface area contributed by atoms with E-state index in [1.165, 1.54) is 17.7 Å². The largest absolute Gasteiger partial charge is 0.491 e. The molecule has 1 aromatic rings. The molecule has 0 bridgehead atoms. The van der Waals surface area contributed by atoms with Crippen LogP contribution in [0.2, 0.25) is 0 Å². The van der Waals surface area contributed by atoms with Gasteiger partial charge in [-0.05, 0) is 31.9 Å². The summed E-state index contributed by atoms with van der Waals surface area (Å²) in [6.07, 6.45) is 5.83. The molecule has 1 aliphatic heterocycles. The van der Waals surface area contributed by atoms with Crippen LogP contribution in [0.5, 0.6) is 5.75 Å². The molecule has 1 aromatic carbocycles. The Morgan fingerprint density at radius 2 is 1.93 bits per heavy atom. The highest BCUT2D eigenvalue weighted by Gasteiger charge is 2.28. The van der Waals surface area contributed by atoms with Gasteiger partial charge in [0.15, 0.2) is 6.10 Å². The number of rotatable bonds is 5. The van der Waals surface area contributed by atoms with Crippen molar-refractivity contribution >= 4 is 23.5 Å². The van der Waals surface area contributed by atoms with E-state index in [9.17, 15) is 14.4 Å². The van der Waals surface area contributed by atoms with Crippen molar-refractivity contribution in [2.45, 2.75) is 64.0 Å². The van der Waals surface area contributed by atoms with Gasteiger partial charge in [-0.2, -0.15) is 0 Å². The molecular weight excluding hydrogens is 360 g/mol. The van der Waals surface area contributed by atoms with Gasteiger partial charge in [0.2, 0.25) is 5.91 Å². The Morgan fingerprint density at radius 3 is 2.68 bits per heavy atom. The van der Waals surface area contributed by atoms with Gasteiger partial charge >= 0.3 is 5.97 Å². The third-order valence-electron chi connectivity index (χ3n) is 5.20. The maximum absolute atomic E-state index is 12.4. The fraction of sp³-hybridized carbons (Fsp3) is 0.571. The molecule has 1 aliphatic carbocycles. The molecule has 0 spiro atoms. The van der Waals surface area contributed by atoms with E-state index < -0.39 is 12.1 Å². The molecule has 0 saturated heterocycles. The predicted octanol–water partition coefficient (Wildman–Crippen LogP) is 2.57. The number of nitrogens with zero attached hydrogens (tertiary/aromatic N) is 1. The van der Waals surface area contributed by atoms with Gasteiger partial charge in [0.25, 0.3) is 5.91 Å². The van der Waals surface area contributed by atoms with Gasteiger partial charge in [0.05, 0.1) is 18.7 Å². The number of esters is 1. The Bertz CT molecular complexity index is 713. The van der Waals surface area contributed by atoms with Crippen LogP contribution in [-0.2, 0) is 19.1 Å². The molecule has 1 fully saturated rings. The molecule has 152 valence electrons. The van der Waals surface area contributed by atoms with Crippen LogP contribution in [0.25, 0.3) is 0 Å². The number of amides is 2. The molecule has 7 nitrogen and oxygen atoms in total. The molecule has 7 heteroatoms. The summed E-state index contributed by atoms with van der Waals surface area (Å²) in [6.45, 7) is 1.58. The van der Waals surface area contributed by atoms with Crippen LogP contribution in [0.3, 0.4) is 0 Å². The Morgan fingerprint density at radius 1 is 1.21 bits per heavy atom. The lowest BCUT2D eigenvalue weighted by atomic mass is 10.1. The van der Waals surface area contributed by atoms with Crippen LogP contribution in [0, 0.1) is 0 Å². The number of para-hydroxylation sites is 2. The second-order valence-electron chi connectivity index (χ2n) is 7.38. The van der Waals surface area contributed by atoms with Gasteiger partial charge in [0.1, 0.15) is 12.3 Å². The predicted molar refractivity (Wildman–Crippen MR) is 104 cm³/mol. The number of hydrogen-bond acceptors (Lipinski definition) is 5. The van der Waals surface area contributed by atoms with Crippen molar-refractivity contribution in [2.75, 3.05) is 18.1 Å². The van der Waals surface area contributed by atoms with E-state index in [1.807, 2.05) is 6.07 Å². The quantitative estimate of drug-likeness (QED) is 0.619. The first-order chi connectivity index (χ1) is 13.5. The average Bonchev–Trinajstić information content (AvgIpc) is 3.02. The number of hydrogen-bond donors (Lipinski definition) is 1. The van der Waals surface area contributed by atoms with E-state index in [4.69, 9.17) is 9.47 Å². The number of nitrogens with one attached hydrogen (secondary N) is 1. The minimum atomic E-state index is -0.899. The minimum Gasteiger partial charge on any atom is -0.491 e. The number of carbonyl (C=O) groups excluding carboxylic acids is 3. The van der Waals surface area contributed by atoms with Gasteiger partial charge in [0, 0.05) is 6.04 Å². The van der Waals surface area contributed by atoms with Gasteiger partial charge < -0.3 is 14.8 Å². The van der Waals surface area contributed by atoms with E-state index in [2.05, 4.69) is 5.32 Å². The van der Waals surface area contributed by atoms with Gasteiger partial charge in [-0.15, -0.1) is 0 Å². The average molecular weight is 388 g/mol. The van der Waals surface area contributed by atoms with Crippen molar-refractivity contribution in [1.82, 2.24) is 5.32 Å². The summed E-state index contributed by atoms with van der Waals surface area (Å²) < 4.78 is 10.9. The molecule has 1 atom stereocenters. The third-order valence-corrected chi connectivity index (χ3v) is 5.20. The van der Waals surface area contributed by atoms with Crippen LogP contribution in [0.15, 0.2) is 24.3 Å². The lowest BCUT2D eigenvalue weighted by Gasteiger charge is -2.23. The van der Waals surface area contributed by atoms with Gasteiger partial charge in [-0.3, -0.25) is 19.3 Å². The highest BCUT2D eigenvalue weighted by Crippen LogP contribution is 2.30. The van der Waals surface area contributed by atoms with Gasteiger partial charge in [-0.25, -0.2) is 0 Å². The molecule has 1 saturated carbocycles. The standard InChI is InChI=1S/C21H28N2O5/c1-15(21(26)22-16-8-4-2-3-5-9-16)28-20(25)14-23-17-10-6-7-11-18(17)27-13-12-19(23)24/h6-7,10-11,15-16H,2-5,8-9,12-14H2,1H3,(H,22,26)/t15-/m1/s1. The van der Waals surface area contributed by atoms with Crippen LogP contribution in [0.4, 0.5) is 5.69 Å². The summed E-state index contributed by atoms with van der Waals surface area (Å²) in [5.41, 5.74) is 0.539. The zero-order valence-corrected chi connectivity index (χ0v) is 16.3. The summed E-state index contributed by atoms with van der Waals surface area (Å²) in [5.74, 6) is -0.558. The zero-order valence-electron chi connectivity index (χ0n) is 16.3. The Labute approximate surface area is 165 Å². The first kappa shape index (κ1) is 20.2. The zero-order chi connectivity index (χ0) is 19.9. The minimum absolute atomic E-state index is 0.146. The van der Waals surface area contributed by atoms with Crippen molar-refractivity contribution < 1.29 is 23.9 Å². The van der Waals surface area contributed by atoms with E-state index in [-0.39, 0.29) is 37.4 Å². The molecule has 0 aromatic heterocycles. The van der Waals surface area contributed by atoms with Crippen molar-refractivity contribution in [1.29, 1.82) is 0 Å². The Kier molecular flexibility index (Phi) is 6.90. The van der Waals surface area contributed by atoms with Crippen LogP contribution in [0.1, 0.15) is 51.9 Å². The number of carbonyl (C=O) groups is 3. The number of benzene rings is 1. The maximum Gasteiger partial charge on any atom is 0.326 e. The van der Waals surface area contributed by atoms with E-state index >= 15 is 0 Å². The molecule has 0 unspecified atom stereocenters. The molecule has 3 rings (SSSR count). The summed E-state index contributed by atoms with van der Waals surface area (Å²) in [7, 11) is 0. The van der Waals surface area contributed by atoms with E-state index in [0.717, 1.165) is 25.7 Å². The van der Waals surface area contributed by atoms with E-state index in [0.29, 0.717) is 11.4 Å². The van der Waals surface area contributed by atoms with Crippen molar-refractivity contribution in [3.05, 3.63) is 24.3 Å². The first-order valence-corrected chi connectivity index (χ1v) is 10.1. The Balaban J connectivity index is 1.56. The summed E-state index contributed by atoms with van der Waals surface area (Å²) >= 11 is 0. The lowest BCUT2D eigenvalue weighted by molar-refractivity contribution is -0.154. The monoisotopic (exact) mass is 388 g/mol. The number of ether oxygens (including phenoxy) is 2. The smallest absolute Gasteiger partial charge is 0.326 e. The van der Waals surface area contributed by atoms with E-state index in [1.54, 1.807) is 25.1 Å². The third kappa shape index (κ3) is 5.24. The first-order valence-electron chi connectivity index (χ1n) is 10.1. The number of anilines is 1. The summed E-state index contributed by atoms with van der Waals surface area (Å²) in [6, 6.07) is 7.23. The van der Waals surface area contributed by atoms with Crippen molar-refractivity contribution in [2.24, 2.45) is 0 Å². The molecule has 2 amide bonds. The second kappa shape index (κ2) is 9.57. The van der Waals surface area contributed by atoms with Crippen molar-refractivity contribution in [3.8, 4) is 5.75 Å². The molecule has 1 heterocycles. The Hall–Kier alpha value is -2.57. The highest BCUT2D eigenvalue weighted by atomic mass is 16.5. The summed E-state index contributed by atoms with van der Waals surface area (Å²) in [4.78, 5) is 38.5. The lowest BCUT2D eigenvalue weighted by Crippen LogP contribution is -2.43.